The number of nitrogens with zero attached hydrogens (tertiary/aromatic N) is 1. The van der Waals surface area contributed by atoms with Gasteiger partial charge < -0.3 is 14.1 Å². The van der Waals surface area contributed by atoms with E-state index in [1.807, 2.05) is 43.0 Å². The number of carbonyl (C=O) groups excluding carboxylic acids is 1. The van der Waals surface area contributed by atoms with Gasteiger partial charge in [-0.25, -0.2) is 0 Å². The molecule has 30 heavy (non-hydrogen) atoms. The van der Waals surface area contributed by atoms with Gasteiger partial charge in [0, 0.05) is 41.7 Å². The van der Waals surface area contributed by atoms with Gasteiger partial charge in [0.25, 0.3) is 0 Å². The zero-order valence-electron chi connectivity index (χ0n) is 18.0. The van der Waals surface area contributed by atoms with Crippen molar-refractivity contribution in [2.45, 2.75) is 33.6 Å². The van der Waals surface area contributed by atoms with Crippen molar-refractivity contribution in [3.05, 3.63) is 60.4 Å². The molecule has 2 heterocycles. The molecule has 0 aliphatic carbocycles. The highest BCUT2D eigenvalue weighted by molar-refractivity contribution is 6.00. The highest BCUT2D eigenvalue weighted by Crippen LogP contribution is 2.37. The smallest absolute Gasteiger partial charge is 0.246 e. The van der Waals surface area contributed by atoms with Crippen molar-refractivity contribution in [1.29, 1.82) is 0 Å². The third kappa shape index (κ3) is 4.13. The highest BCUT2D eigenvalue weighted by Gasteiger charge is 2.20. The van der Waals surface area contributed by atoms with Crippen LogP contribution in [0.4, 0.5) is 0 Å². The number of hydrogen-bond acceptors (Lipinski definition) is 3. The van der Waals surface area contributed by atoms with Gasteiger partial charge in [-0.2, -0.15) is 0 Å². The summed E-state index contributed by atoms with van der Waals surface area (Å²) in [5, 5.41) is 1.02. The quantitative estimate of drug-likeness (QED) is 0.479. The minimum atomic E-state index is 0.0809. The zero-order valence-corrected chi connectivity index (χ0v) is 18.0. The highest BCUT2D eigenvalue weighted by atomic mass is 16.5. The van der Waals surface area contributed by atoms with Crippen LogP contribution < -0.4 is 4.74 Å². The molecule has 4 rings (SSSR count). The summed E-state index contributed by atoms with van der Waals surface area (Å²) in [6.45, 7) is 8.42. The Hall–Kier alpha value is -3.01. The van der Waals surface area contributed by atoms with Gasteiger partial charge in [0.15, 0.2) is 0 Å². The predicted molar refractivity (Wildman–Crippen MR) is 121 cm³/mol. The lowest BCUT2D eigenvalue weighted by Gasteiger charge is -2.29. The Morgan fingerprint density at radius 2 is 1.93 bits per heavy atom. The summed E-state index contributed by atoms with van der Waals surface area (Å²) in [5.41, 5.74) is 4.77. The van der Waals surface area contributed by atoms with E-state index in [0.29, 0.717) is 12.5 Å². The number of allylic oxidation sites excluding steroid dienone is 1. The Morgan fingerprint density at radius 3 is 2.63 bits per heavy atom. The zero-order chi connectivity index (χ0) is 21.1. The summed E-state index contributed by atoms with van der Waals surface area (Å²) in [4.78, 5) is 14.8. The van der Waals surface area contributed by atoms with Gasteiger partial charge in [-0.3, -0.25) is 4.79 Å². The summed E-state index contributed by atoms with van der Waals surface area (Å²) in [7, 11) is 0. The number of amides is 1. The maximum atomic E-state index is 12.8. The molecule has 0 bridgehead atoms. The SMILES string of the molecule is CCOc1cc2occ(-c3ccccc3)c2cc1/C(C)=C/C(=O)N1CCC(C)CC1. The van der Waals surface area contributed by atoms with Crippen molar-refractivity contribution in [2.24, 2.45) is 5.92 Å². The van der Waals surface area contributed by atoms with Crippen LogP contribution in [0.5, 0.6) is 5.75 Å². The summed E-state index contributed by atoms with van der Waals surface area (Å²) < 4.78 is 11.7. The number of carbonyl (C=O) groups is 1. The van der Waals surface area contributed by atoms with E-state index in [4.69, 9.17) is 9.15 Å². The van der Waals surface area contributed by atoms with Crippen molar-refractivity contribution in [3.63, 3.8) is 0 Å². The van der Waals surface area contributed by atoms with E-state index in [2.05, 4.69) is 25.1 Å². The van der Waals surface area contributed by atoms with Crippen LogP contribution in [-0.2, 0) is 4.79 Å². The van der Waals surface area contributed by atoms with Crippen LogP contribution in [0.15, 0.2) is 59.2 Å². The molecule has 0 saturated carbocycles. The van der Waals surface area contributed by atoms with Crippen LogP contribution in [0.2, 0.25) is 0 Å². The molecular weight excluding hydrogens is 374 g/mol. The van der Waals surface area contributed by atoms with Crippen LogP contribution in [-0.4, -0.2) is 30.5 Å². The monoisotopic (exact) mass is 403 g/mol. The molecule has 3 aromatic rings. The van der Waals surface area contributed by atoms with E-state index >= 15 is 0 Å². The predicted octanol–water partition coefficient (Wildman–Crippen LogP) is 6.16. The lowest BCUT2D eigenvalue weighted by atomic mass is 9.98. The molecule has 1 aliphatic rings. The molecule has 1 saturated heterocycles. The molecule has 0 spiro atoms. The number of furan rings is 1. The minimum Gasteiger partial charge on any atom is -0.493 e. The average Bonchev–Trinajstić information content (AvgIpc) is 3.17. The second-order valence-electron chi connectivity index (χ2n) is 8.13. The molecular formula is C26H29NO3. The largest absolute Gasteiger partial charge is 0.493 e. The maximum Gasteiger partial charge on any atom is 0.246 e. The van der Waals surface area contributed by atoms with E-state index in [0.717, 1.165) is 64.9 Å². The van der Waals surface area contributed by atoms with Crippen LogP contribution in [0.25, 0.3) is 27.7 Å². The number of benzene rings is 2. The van der Waals surface area contributed by atoms with Crippen molar-refractivity contribution < 1.29 is 13.9 Å². The van der Waals surface area contributed by atoms with E-state index < -0.39 is 0 Å². The van der Waals surface area contributed by atoms with Crippen molar-refractivity contribution in [3.8, 4) is 16.9 Å². The first-order valence-electron chi connectivity index (χ1n) is 10.8. The molecule has 0 atom stereocenters. The molecule has 1 amide bonds. The van der Waals surface area contributed by atoms with Crippen LogP contribution >= 0.6 is 0 Å². The molecule has 1 aliphatic heterocycles. The fourth-order valence-corrected chi connectivity index (χ4v) is 4.06. The first kappa shape index (κ1) is 20.3. The van der Waals surface area contributed by atoms with Gasteiger partial charge >= 0.3 is 0 Å². The van der Waals surface area contributed by atoms with Gasteiger partial charge in [0.2, 0.25) is 5.91 Å². The van der Waals surface area contributed by atoms with Gasteiger partial charge in [-0.05, 0) is 49.8 Å². The van der Waals surface area contributed by atoms with Crippen LogP contribution in [0, 0.1) is 5.92 Å². The molecule has 1 fully saturated rings. The van der Waals surface area contributed by atoms with E-state index in [1.54, 1.807) is 12.3 Å². The molecule has 0 radical (unpaired) electrons. The van der Waals surface area contributed by atoms with Crippen LogP contribution in [0.1, 0.15) is 39.2 Å². The summed E-state index contributed by atoms with van der Waals surface area (Å²) in [6.07, 6.45) is 5.69. The fourth-order valence-electron chi connectivity index (χ4n) is 4.06. The topological polar surface area (TPSA) is 42.7 Å². The third-order valence-corrected chi connectivity index (χ3v) is 5.92. The first-order chi connectivity index (χ1) is 14.6. The van der Waals surface area contributed by atoms with Crippen LogP contribution in [0.3, 0.4) is 0 Å². The Balaban J connectivity index is 1.72. The molecule has 156 valence electrons. The maximum absolute atomic E-state index is 12.8. The number of piperidine rings is 1. The van der Waals surface area contributed by atoms with Crippen molar-refractivity contribution in [2.75, 3.05) is 19.7 Å². The molecule has 2 aromatic carbocycles. The number of likely N-dealkylation sites (tertiary alicyclic amines) is 1. The molecule has 4 nitrogen and oxygen atoms in total. The van der Waals surface area contributed by atoms with Gasteiger partial charge in [-0.1, -0.05) is 37.3 Å². The Kier molecular flexibility index (Phi) is 5.93. The van der Waals surface area contributed by atoms with Crippen molar-refractivity contribution in [1.82, 2.24) is 4.90 Å². The number of fused-ring (bicyclic) bond motifs is 1. The fraction of sp³-hybridized carbons (Fsp3) is 0.346. The first-order valence-corrected chi connectivity index (χ1v) is 10.8. The molecule has 0 unspecified atom stereocenters. The minimum absolute atomic E-state index is 0.0809. The van der Waals surface area contributed by atoms with Gasteiger partial charge in [-0.15, -0.1) is 0 Å². The third-order valence-electron chi connectivity index (χ3n) is 5.92. The van der Waals surface area contributed by atoms with Gasteiger partial charge in [0.1, 0.15) is 11.3 Å². The number of hydrogen-bond donors (Lipinski definition) is 0. The second-order valence-corrected chi connectivity index (χ2v) is 8.13. The average molecular weight is 404 g/mol. The van der Waals surface area contributed by atoms with E-state index in [-0.39, 0.29) is 5.91 Å². The standard InChI is InChI=1S/C26H29NO3/c1-4-29-24-16-25-22(23(17-30-25)20-8-6-5-7-9-20)15-21(24)19(3)14-26(28)27-12-10-18(2)11-13-27/h5-9,14-18H,4,10-13H2,1-3H3/b19-14+. The van der Waals surface area contributed by atoms with E-state index in [9.17, 15) is 4.79 Å². The number of ether oxygens (including phenoxy) is 1. The van der Waals surface area contributed by atoms with Crippen molar-refractivity contribution >= 4 is 22.4 Å². The molecule has 0 N–H and O–H groups in total. The molecule has 1 aromatic heterocycles. The number of rotatable bonds is 5. The van der Waals surface area contributed by atoms with Gasteiger partial charge in [0.05, 0.1) is 12.9 Å². The normalized spacial score (nSPS) is 15.6. The summed E-state index contributed by atoms with van der Waals surface area (Å²) in [5.74, 6) is 1.52. The Morgan fingerprint density at radius 1 is 1.20 bits per heavy atom. The lowest BCUT2D eigenvalue weighted by Crippen LogP contribution is -2.36. The molecule has 4 heteroatoms. The lowest BCUT2D eigenvalue weighted by molar-refractivity contribution is -0.127. The summed E-state index contributed by atoms with van der Waals surface area (Å²) in [6, 6.07) is 14.2. The Labute approximate surface area is 178 Å². The van der Waals surface area contributed by atoms with E-state index in [1.165, 1.54) is 0 Å². The summed E-state index contributed by atoms with van der Waals surface area (Å²) >= 11 is 0. The second kappa shape index (κ2) is 8.78. The Bertz CT molecular complexity index is 1060.